The van der Waals surface area contributed by atoms with E-state index in [2.05, 4.69) is 10.0 Å². The second-order valence-corrected chi connectivity index (χ2v) is 8.36. The number of hydrogen-bond donors (Lipinski definition) is 3. The van der Waals surface area contributed by atoms with Crippen LogP contribution in [0, 0.1) is 6.92 Å². The van der Waals surface area contributed by atoms with Crippen LogP contribution in [0.25, 0.3) is 0 Å². The lowest BCUT2D eigenvalue weighted by Crippen LogP contribution is -2.51. The third-order valence-corrected chi connectivity index (χ3v) is 5.98. The summed E-state index contributed by atoms with van der Waals surface area (Å²) in [6, 6.07) is 6.00. The number of nitrogens with one attached hydrogen (secondary N) is 2. The maximum absolute atomic E-state index is 12.6. The number of benzene rings is 1. The summed E-state index contributed by atoms with van der Waals surface area (Å²) in [5, 5.41) is 12.3. The number of aliphatic hydroxyl groups is 1. The molecule has 152 valence electrons. The summed E-state index contributed by atoms with van der Waals surface area (Å²) in [5.41, 5.74) is 0.967. The summed E-state index contributed by atoms with van der Waals surface area (Å²) >= 11 is 0. The first-order valence-corrected chi connectivity index (χ1v) is 10.4. The van der Waals surface area contributed by atoms with Crippen molar-refractivity contribution in [1.29, 1.82) is 0 Å². The van der Waals surface area contributed by atoms with Crippen molar-refractivity contribution in [2.24, 2.45) is 0 Å². The van der Waals surface area contributed by atoms with Crippen molar-refractivity contribution in [2.75, 3.05) is 26.9 Å². The summed E-state index contributed by atoms with van der Waals surface area (Å²) in [7, 11) is -2.15. The smallest absolute Gasteiger partial charge is 0.240 e. The third kappa shape index (κ3) is 6.54. The van der Waals surface area contributed by atoms with E-state index in [0.29, 0.717) is 26.0 Å². The number of carbonyl (C=O) groups excluding carboxylic acids is 1. The molecule has 0 spiro atoms. The maximum Gasteiger partial charge on any atom is 0.240 e. The number of aliphatic hydroxyl groups excluding tert-OH is 1. The highest BCUT2D eigenvalue weighted by Gasteiger charge is 2.34. The fourth-order valence-corrected chi connectivity index (χ4v) is 4.27. The zero-order chi connectivity index (χ0) is 19.9. The number of sulfonamides is 1. The molecule has 2 rings (SSSR count). The first-order chi connectivity index (χ1) is 12.9. The molecule has 0 aliphatic carbocycles. The van der Waals surface area contributed by atoms with Crippen molar-refractivity contribution in [1.82, 2.24) is 10.0 Å². The first-order valence-electron chi connectivity index (χ1n) is 8.96. The van der Waals surface area contributed by atoms with Gasteiger partial charge < -0.3 is 19.9 Å². The number of rotatable bonds is 9. The SMILES string of the molecule is COCCNC(=O)C[C@H]1CC[C@@H](NS(=O)(=O)c2ccc(C)cc2)[C@H](CO)O1. The Balaban J connectivity index is 1.92. The van der Waals surface area contributed by atoms with Gasteiger partial charge in [0.25, 0.3) is 0 Å². The van der Waals surface area contributed by atoms with Crippen molar-refractivity contribution in [3.8, 4) is 0 Å². The van der Waals surface area contributed by atoms with Crippen LogP contribution in [-0.2, 0) is 24.3 Å². The Bertz CT molecular complexity index is 707. The summed E-state index contributed by atoms with van der Waals surface area (Å²) in [4.78, 5) is 12.1. The Morgan fingerprint density at radius 1 is 1.30 bits per heavy atom. The number of hydrogen-bond acceptors (Lipinski definition) is 6. The van der Waals surface area contributed by atoms with E-state index < -0.39 is 22.2 Å². The number of amides is 1. The topological polar surface area (TPSA) is 114 Å². The third-order valence-electron chi connectivity index (χ3n) is 4.47. The van der Waals surface area contributed by atoms with Gasteiger partial charge in [-0.2, -0.15) is 0 Å². The van der Waals surface area contributed by atoms with Crippen LogP contribution in [0.2, 0.25) is 0 Å². The van der Waals surface area contributed by atoms with Gasteiger partial charge >= 0.3 is 0 Å². The Labute approximate surface area is 160 Å². The fraction of sp³-hybridized carbons (Fsp3) is 0.611. The van der Waals surface area contributed by atoms with Crippen molar-refractivity contribution in [3.05, 3.63) is 29.8 Å². The van der Waals surface area contributed by atoms with E-state index in [1.165, 1.54) is 0 Å². The lowest BCUT2D eigenvalue weighted by atomic mass is 9.98. The molecule has 1 aromatic carbocycles. The summed E-state index contributed by atoms with van der Waals surface area (Å²) in [6.07, 6.45) is 0.111. The van der Waals surface area contributed by atoms with Gasteiger partial charge in [-0.25, -0.2) is 13.1 Å². The predicted octanol–water partition coefficient (Wildman–Crippen LogP) is 0.335. The Kier molecular flexibility index (Phi) is 8.18. The lowest BCUT2D eigenvalue weighted by molar-refractivity contribution is -0.130. The van der Waals surface area contributed by atoms with Gasteiger partial charge in [0, 0.05) is 13.7 Å². The van der Waals surface area contributed by atoms with Gasteiger partial charge in [-0.05, 0) is 31.9 Å². The van der Waals surface area contributed by atoms with Crippen molar-refractivity contribution >= 4 is 15.9 Å². The van der Waals surface area contributed by atoms with Crippen LogP contribution < -0.4 is 10.0 Å². The van der Waals surface area contributed by atoms with Gasteiger partial charge in [-0.3, -0.25) is 4.79 Å². The first kappa shape index (κ1) is 21.8. The Morgan fingerprint density at radius 3 is 2.63 bits per heavy atom. The molecule has 0 radical (unpaired) electrons. The highest BCUT2D eigenvalue weighted by molar-refractivity contribution is 7.89. The second kappa shape index (κ2) is 10.1. The van der Waals surface area contributed by atoms with Crippen LogP contribution in [-0.4, -0.2) is 64.5 Å². The number of carbonyl (C=O) groups is 1. The van der Waals surface area contributed by atoms with E-state index in [-0.39, 0.29) is 29.9 Å². The number of ether oxygens (including phenoxy) is 2. The highest BCUT2D eigenvalue weighted by atomic mass is 32.2. The molecule has 1 saturated heterocycles. The molecule has 0 bridgehead atoms. The molecule has 1 heterocycles. The number of aryl methyl sites for hydroxylation is 1. The molecular weight excluding hydrogens is 372 g/mol. The fourth-order valence-electron chi connectivity index (χ4n) is 2.97. The van der Waals surface area contributed by atoms with Crippen molar-refractivity contribution in [2.45, 2.75) is 49.3 Å². The minimum Gasteiger partial charge on any atom is -0.394 e. The van der Waals surface area contributed by atoms with Crippen LogP contribution in [0.5, 0.6) is 0 Å². The van der Waals surface area contributed by atoms with E-state index in [1.54, 1.807) is 31.4 Å². The monoisotopic (exact) mass is 400 g/mol. The van der Waals surface area contributed by atoms with E-state index >= 15 is 0 Å². The van der Waals surface area contributed by atoms with Gasteiger partial charge in [0.05, 0.1) is 42.8 Å². The molecule has 1 amide bonds. The minimum absolute atomic E-state index is 0.160. The Morgan fingerprint density at radius 2 is 2.00 bits per heavy atom. The molecule has 1 aliphatic heterocycles. The maximum atomic E-state index is 12.6. The zero-order valence-electron chi connectivity index (χ0n) is 15.7. The Hall–Kier alpha value is -1.52. The van der Waals surface area contributed by atoms with Crippen LogP contribution >= 0.6 is 0 Å². The van der Waals surface area contributed by atoms with E-state index in [1.807, 2.05) is 6.92 Å². The molecule has 1 fully saturated rings. The summed E-state index contributed by atoms with van der Waals surface area (Å²) in [6.45, 7) is 2.40. The van der Waals surface area contributed by atoms with Crippen molar-refractivity contribution < 1.29 is 27.8 Å². The van der Waals surface area contributed by atoms with Gasteiger partial charge in [0.1, 0.15) is 0 Å². The molecule has 9 heteroatoms. The lowest BCUT2D eigenvalue weighted by Gasteiger charge is -2.35. The van der Waals surface area contributed by atoms with E-state index in [9.17, 15) is 18.3 Å². The predicted molar refractivity (Wildman–Crippen MR) is 99.8 cm³/mol. The average molecular weight is 400 g/mol. The molecule has 0 unspecified atom stereocenters. The van der Waals surface area contributed by atoms with E-state index in [0.717, 1.165) is 5.56 Å². The molecule has 3 N–H and O–H groups in total. The van der Waals surface area contributed by atoms with Crippen LogP contribution in [0.15, 0.2) is 29.2 Å². The molecule has 1 aliphatic rings. The molecule has 0 aromatic heterocycles. The zero-order valence-corrected chi connectivity index (χ0v) is 16.5. The molecule has 0 saturated carbocycles. The van der Waals surface area contributed by atoms with Crippen LogP contribution in [0.3, 0.4) is 0 Å². The highest BCUT2D eigenvalue weighted by Crippen LogP contribution is 2.23. The molecule has 1 aromatic rings. The molecule has 27 heavy (non-hydrogen) atoms. The van der Waals surface area contributed by atoms with Crippen LogP contribution in [0.1, 0.15) is 24.8 Å². The summed E-state index contributed by atoms with van der Waals surface area (Å²) in [5.74, 6) is -0.160. The van der Waals surface area contributed by atoms with Crippen molar-refractivity contribution in [3.63, 3.8) is 0 Å². The quantitative estimate of drug-likeness (QED) is 0.515. The molecular formula is C18H28N2O6S. The van der Waals surface area contributed by atoms with Gasteiger partial charge in [0.2, 0.25) is 15.9 Å². The normalized spacial score (nSPS) is 23.1. The standard InChI is InChI=1S/C18H28N2O6S/c1-13-3-6-15(7-4-13)27(23,24)20-16-8-5-14(26-17(16)12-21)11-18(22)19-9-10-25-2/h3-4,6-7,14,16-17,20-21H,5,8-12H2,1-2H3,(H,19,22)/t14-,16-,17+/m1/s1. The molecule has 8 nitrogen and oxygen atoms in total. The van der Waals surface area contributed by atoms with Gasteiger partial charge in [-0.1, -0.05) is 17.7 Å². The van der Waals surface area contributed by atoms with Gasteiger partial charge in [0.15, 0.2) is 0 Å². The summed E-state index contributed by atoms with van der Waals surface area (Å²) < 4.78 is 38.4. The van der Waals surface area contributed by atoms with Gasteiger partial charge in [-0.15, -0.1) is 0 Å². The minimum atomic E-state index is -3.71. The molecule has 3 atom stereocenters. The second-order valence-electron chi connectivity index (χ2n) is 6.64. The average Bonchev–Trinajstić information content (AvgIpc) is 2.63. The largest absolute Gasteiger partial charge is 0.394 e. The number of methoxy groups -OCH3 is 1. The van der Waals surface area contributed by atoms with E-state index in [4.69, 9.17) is 9.47 Å². The van der Waals surface area contributed by atoms with Crippen LogP contribution in [0.4, 0.5) is 0 Å².